The van der Waals surface area contributed by atoms with Gasteiger partial charge in [0.15, 0.2) is 5.78 Å². The number of benzene rings is 2. The van der Waals surface area contributed by atoms with Gasteiger partial charge in [-0.05, 0) is 44.4 Å². The van der Waals surface area contributed by atoms with E-state index < -0.39 is 65.9 Å². The van der Waals surface area contributed by atoms with E-state index in [1.165, 1.54) is 0 Å². The summed E-state index contributed by atoms with van der Waals surface area (Å²) < 4.78 is 10.8. The predicted molar refractivity (Wildman–Crippen MR) is 168 cm³/mol. The molecule has 0 aliphatic heterocycles. The number of carboxylic acids is 1. The van der Waals surface area contributed by atoms with Gasteiger partial charge < -0.3 is 19.9 Å². The number of carbonyl (C=O) groups excluding carboxylic acids is 4. The number of carboxylic acid groups (broad SMARTS) is 1. The molecule has 3 rings (SSSR count). The average molecular weight is 619 g/mol. The van der Waals surface area contributed by atoms with Crippen LogP contribution < -0.4 is 5.32 Å². The summed E-state index contributed by atoms with van der Waals surface area (Å²) in [4.78, 5) is 69.4. The molecule has 0 bridgehead atoms. The molecule has 0 aliphatic carbocycles. The Kier molecular flexibility index (Phi) is 12.3. The summed E-state index contributed by atoms with van der Waals surface area (Å²) in [6.07, 6.45) is -1.20. The minimum Gasteiger partial charge on any atom is -0.481 e. The SMILES string of the molecule is CC(C)[C@H](CC(=O)[C@H](Cc1ccc2ccccc2n1)NC(=O)[C@@H](CC(=O)OCc1ccccc1)CC(=O)OC(C)(C)C)C(=O)O. The van der Waals surface area contributed by atoms with E-state index in [4.69, 9.17) is 9.47 Å². The van der Waals surface area contributed by atoms with E-state index in [0.29, 0.717) is 11.2 Å². The molecule has 0 saturated carbocycles. The van der Waals surface area contributed by atoms with Crippen LogP contribution in [0.4, 0.5) is 0 Å². The Balaban J connectivity index is 1.85. The predicted octanol–water partition coefficient (Wildman–Crippen LogP) is 5.06. The fourth-order valence-electron chi connectivity index (χ4n) is 4.77. The van der Waals surface area contributed by atoms with E-state index in [9.17, 15) is 29.1 Å². The molecule has 0 unspecified atom stereocenters. The van der Waals surface area contributed by atoms with Crippen LogP contribution in [-0.2, 0) is 46.5 Å². The number of carbonyl (C=O) groups is 5. The lowest BCUT2D eigenvalue weighted by Crippen LogP contribution is -2.47. The second-order valence-electron chi connectivity index (χ2n) is 12.5. The van der Waals surface area contributed by atoms with Crippen LogP contribution in [0.2, 0.25) is 0 Å². The van der Waals surface area contributed by atoms with Crippen LogP contribution in [0.25, 0.3) is 10.9 Å². The van der Waals surface area contributed by atoms with Gasteiger partial charge in [-0.3, -0.25) is 29.0 Å². The molecule has 0 aliphatic rings. The van der Waals surface area contributed by atoms with E-state index in [-0.39, 0.29) is 25.4 Å². The van der Waals surface area contributed by atoms with Crippen molar-refractivity contribution in [2.75, 3.05) is 0 Å². The first-order valence-electron chi connectivity index (χ1n) is 15.0. The summed E-state index contributed by atoms with van der Waals surface area (Å²) in [5.41, 5.74) is 1.14. The van der Waals surface area contributed by atoms with E-state index in [0.717, 1.165) is 10.9 Å². The summed E-state index contributed by atoms with van der Waals surface area (Å²) in [6, 6.07) is 18.9. The molecule has 0 spiro atoms. The molecular formula is C35H42N2O8. The molecular weight excluding hydrogens is 576 g/mol. The van der Waals surface area contributed by atoms with Crippen molar-refractivity contribution >= 4 is 40.5 Å². The number of pyridine rings is 1. The van der Waals surface area contributed by atoms with Gasteiger partial charge in [-0.1, -0.05) is 68.4 Å². The van der Waals surface area contributed by atoms with Gasteiger partial charge in [-0.2, -0.15) is 0 Å². The van der Waals surface area contributed by atoms with Gasteiger partial charge in [0.1, 0.15) is 12.2 Å². The van der Waals surface area contributed by atoms with Crippen molar-refractivity contribution in [1.29, 1.82) is 0 Å². The largest absolute Gasteiger partial charge is 0.481 e. The molecule has 45 heavy (non-hydrogen) atoms. The summed E-state index contributed by atoms with van der Waals surface area (Å²) in [6.45, 7) is 8.47. The molecule has 1 aromatic heterocycles. The molecule has 1 heterocycles. The van der Waals surface area contributed by atoms with Crippen LogP contribution in [0.3, 0.4) is 0 Å². The van der Waals surface area contributed by atoms with Crippen molar-refractivity contribution in [3.63, 3.8) is 0 Å². The molecule has 10 heteroatoms. The molecule has 3 atom stereocenters. The Labute approximate surface area is 263 Å². The summed E-state index contributed by atoms with van der Waals surface area (Å²) in [7, 11) is 0. The number of nitrogens with zero attached hydrogens (tertiary/aromatic N) is 1. The number of Topliss-reactive ketones (excluding diaryl/α,β-unsaturated/α-hetero) is 1. The van der Waals surface area contributed by atoms with Gasteiger partial charge in [0, 0.05) is 23.9 Å². The number of para-hydroxylation sites is 1. The summed E-state index contributed by atoms with van der Waals surface area (Å²) in [5, 5.41) is 13.3. The normalized spacial score (nSPS) is 13.5. The molecule has 2 aromatic carbocycles. The molecule has 0 fully saturated rings. The van der Waals surface area contributed by atoms with Crippen LogP contribution in [0.5, 0.6) is 0 Å². The third kappa shape index (κ3) is 11.4. The lowest BCUT2D eigenvalue weighted by Gasteiger charge is -2.25. The number of nitrogens with one attached hydrogen (secondary N) is 1. The number of amides is 1. The topological polar surface area (TPSA) is 149 Å². The lowest BCUT2D eigenvalue weighted by molar-refractivity contribution is -0.158. The Morgan fingerprint density at radius 1 is 0.844 bits per heavy atom. The van der Waals surface area contributed by atoms with Crippen molar-refractivity contribution in [1.82, 2.24) is 10.3 Å². The third-order valence-corrected chi connectivity index (χ3v) is 7.18. The first kappa shape index (κ1) is 34.9. The molecule has 3 aromatic rings. The second-order valence-corrected chi connectivity index (χ2v) is 12.5. The number of aliphatic carboxylic acids is 1. The van der Waals surface area contributed by atoms with E-state index in [2.05, 4.69) is 10.3 Å². The standard InChI is InChI=1S/C35H42N2O8/c1-22(2)27(34(42)43)20-30(38)29(19-26-16-15-24-13-9-10-14-28(24)36-26)37-33(41)25(18-32(40)45-35(3,4)5)17-31(39)44-21-23-11-7-6-8-12-23/h6-16,22,25,27,29H,17-21H2,1-5H3,(H,37,41)(H,42,43)/t25-,27-,29-/m0/s1. The van der Waals surface area contributed by atoms with Gasteiger partial charge in [-0.25, -0.2) is 0 Å². The number of ketones is 1. The van der Waals surface area contributed by atoms with Crippen molar-refractivity contribution < 1.29 is 38.6 Å². The zero-order valence-corrected chi connectivity index (χ0v) is 26.4. The number of aromatic nitrogens is 1. The molecule has 0 saturated heterocycles. The lowest BCUT2D eigenvalue weighted by atomic mass is 9.87. The number of hydrogen-bond donors (Lipinski definition) is 2. The van der Waals surface area contributed by atoms with E-state index >= 15 is 0 Å². The Bertz CT molecular complexity index is 1500. The minimum absolute atomic E-state index is 0.0129. The monoisotopic (exact) mass is 618 g/mol. The van der Waals surface area contributed by atoms with Crippen LogP contribution in [0.1, 0.15) is 65.1 Å². The van der Waals surface area contributed by atoms with Gasteiger partial charge >= 0.3 is 17.9 Å². The van der Waals surface area contributed by atoms with Gasteiger partial charge in [0.25, 0.3) is 0 Å². The first-order valence-corrected chi connectivity index (χ1v) is 15.0. The summed E-state index contributed by atoms with van der Waals surface area (Å²) >= 11 is 0. The Hall–Kier alpha value is -4.60. The number of esters is 2. The van der Waals surface area contributed by atoms with Crippen LogP contribution >= 0.6 is 0 Å². The number of ether oxygens (including phenoxy) is 2. The van der Waals surface area contributed by atoms with Gasteiger partial charge in [0.05, 0.1) is 36.2 Å². The molecule has 2 N–H and O–H groups in total. The number of fused-ring (bicyclic) bond motifs is 1. The fourth-order valence-corrected chi connectivity index (χ4v) is 4.77. The zero-order chi connectivity index (χ0) is 33.1. The quantitative estimate of drug-likeness (QED) is 0.223. The highest BCUT2D eigenvalue weighted by Crippen LogP contribution is 2.21. The zero-order valence-electron chi connectivity index (χ0n) is 26.4. The molecule has 1 amide bonds. The van der Waals surface area contributed by atoms with Gasteiger partial charge in [0.2, 0.25) is 5.91 Å². The highest BCUT2D eigenvalue weighted by atomic mass is 16.6. The van der Waals surface area contributed by atoms with Gasteiger partial charge in [-0.15, -0.1) is 0 Å². The van der Waals surface area contributed by atoms with Crippen molar-refractivity contribution in [3.8, 4) is 0 Å². The average Bonchev–Trinajstić information content (AvgIpc) is 2.97. The highest BCUT2D eigenvalue weighted by molar-refractivity contribution is 5.94. The Morgan fingerprint density at radius 2 is 1.49 bits per heavy atom. The minimum atomic E-state index is -1.21. The fraction of sp³-hybridized carbons (Fsp3) is 0.429. The van der Waals surface area contributed by atoms with Crippen LogP contribution in [0.15, 0.2) is 66.7 Å². The van der Waals surface area contributed by atoms with Crippen molar-refractivity contribution in [2.45, 2.75) is 78.6 Å². The smallest absolute Gasteiger partial charge is 0.307 e. The third-order valence-electron chi connectivity index (χ3n) is 7.18. The maximum Gasteiger partial charge on any atom is 0.307 e. The highest BCUT2D eigenvalue weighted by Gasteiger charge is 2.34. The second kappa shape index (κ2) is 15.9. The Morgan fingerprint density at radius 3 is 2.13 bits per heavy atom. The van der Waals surface area contributed by atoms with Crippen molar-refractivity contribution in [3.05, 3.63) is 78.0 Å². The van der Waals surface area contributed by atoms with E-state index in [1.54, 1.807) is 65.0 Å². The maximum absolute atomic E-state index is 13.7. The van der Waals surface area contributed by atoms with Crippen LogP contribution in [-0.4, -0.2) is 51.3 Å². The van der Waals surface area contributed by atoms with Crippen molar-refractivity contribution in [2.24, 2.45) is 17.8 Å². The summed E-state index contributed by atoms with van der Waals surface area (Å²) in [5.74, 6) is -6.24. The maximum atomic E-state index is 13.7. The number of hydrogen-bond acceptors (Lipinski definition) is 8. The number of rotatable bonds is 15. The van der Waals surface area contributed by atoms with E-state index in [1.807, 2.05) is 36.4 Å². The van der Waals surface area contributed by atoms with Crippen LogP contribution in [0, 0.1) is 17.8 Å². The first-order chi connectivity index (χ1) is 21.2. The molecule has 240 valence electrons. The molecule has 10 nitrogen and oxygen atoms in total. The molecule has 0 radical (unpaired) electrons.